The van der Waals surface area contributed by atoms with Gasteiger partial charge in [-0.1, -0.05) is 18.5 Å². The topological polar surface area (TPSA) is 110 Å². The number of halogens is 5. The van der Waals surface area contributed by atoms with Gasteiger partial charge in [-0.15, -0.1) is 11.3 Å². The lowest BCUT2D eigenvalue weighted by Crippen LogP contribution is -2.27. The first-order valence-electron chi connectivity index (χ1n) is 11.4. The summed E-state index contributed by atoms with van der Waals surface area (Å²) in [4.78, 5) is 41.7. The number of hydrogen-bond acceptors (Lipinski definition) is 7. The monoisotopic (exact) mass is 578 g/mol. The molecule has 0 spiro atoms. The van der Waals surface area contributed by atoms with Crippen molar-refractivity contribution in [2.45, 2.75) is 32.5 Å². The molecule has 2 amide bonds. The Bertz CT molecular complexity index is 1550. The standard InChI is InChI=1S/C25H19ClF4N6O2S/c1-3-13-8-32-19(14-4-5-31-10-18(14)27)6-15(13)22(37)35-12(2)24-34-11-20(39-24)23(38)36-21-7-16(25(28,29)30)17(26)9-33-21/h4-12H,3H2,1-2H3,(H,35,37)(H,33,36,38). The number of aryl methyl sites for hydroxylation is 1. The van der Waals surface area contributed by atoms with Crippen LogP contribution in [-0.2, 0) is 12.6 Å². The van der Waals surface area contributed by atoms with E-state index in [1.807, 2.05) is 6.92 Å². The molecule has 8 nitrogen and oxygen atoms in total. The fraction of sp³-hybridized carbons (Fsp3) is 0.200. The van der Waals surface area contributed by atoms with Crippen LogP contribution in [0.4, 0.5) is 23.4 Å². The summed E-state index contributed by atoms with van der Waals surface area (Å²) >= 11 is 6.51. The predicted molar refractivity (Wildman–Crippen MR) is 137 cm³/mol. The fourth-order valence-corrected chi connectivity index (χ4v) is 4.56. The molecule has 4 heterocycles. The second kappa shape index (κ2) is 11.4. The molecule has 1 atom stereocenters. The van der Waals surface area contributed by atoms with Crippen LogP contribution in [0.2, 0.25) is 5.02 Å². The number of alkyl halides is 3. The SMILES string of the molecule is CCc1cnc(-c2ccncc2F)cc1C(=O)NC(C)c1ncc(C(=O)Nc2cc(C(F)(F)F)c(Cl)cn2)s1. The molecule has 39 heavy (non-hydrogen) atoms. The molecule has 0 aliphatic rings. The van der Waals surface area contributed by atoms with Crippen molar-refractivity contribution in [1.82, 2.24) is 25.3 Å². The number of aromatic nitrogens is 4. The maximum absolute atomic E-state index is 14.2. The molecule has 1 unspecified atom stereocenters. The van der Waals surface area contributed by atoms with Crippen LogP contribution in [-0.4, -0.2) is 31.8 Å². The average Bonchev–Trinajstić information content (AvgIpc) is 3.40. The highest BCUT2D eigenvalue weighted by atomic mass is 35.5. The van der Waals surface area contributed by atoms with E-state index in [9.17, 15) is 27.2 Å². The number of pyridine rings is 3. The lowest BCUT2D eigenvalue weighted by molar-refractivity contribution is -0.137. The van der Waals surface area contributed by atoms with Gasteiger partial charge in [0, 0.05) is 29.7 Å². The van der Waals surface area contributed by atoms with Crippen molar-refractivity contribution in [1.29, 1.82) is 0 Å². The van der Waals surface area contributed by atoms with Gasteiger partial charge in [0.2, 0.25) is 0 Å². The molecule has 0 fully saturated rings. The highest BCUT2D eigenvalue weighted by Crippen LogP contribution is 2.35. The quantitative estimate of drug-likeness (QED) is 0.256. The van der Waals surface area contributed by atoms with E-state index in [2.05, 4.69) is 30.6 Å². The number of carbonyl (C=O) groups excluding carboxylic acids is 2. The van der Waals surface area contributed by atoms with Gasteiger partial charge in [-0.25, -0.2) is 14.4 Å². The Morgan fingerprint density at radius 3 is 2.54 bits per heavy atom. The summed E-state index contributed by atoms with van der Waals surface area (Å²) in [5.74, 6) is -2.10. The van der Waals surface area contributed by atoms with Crippen LogP contribution in [0.1, 0.15) is 56.1 Å². The molecule has 0 aromatic carbocycles. The highest BCUT2D eigenvalue weighted by molar-refractivity contribution is 7.13. The van der Waals surface area contributed by atoms with Crippen LogP contribution in [0.5, 0.6) is 0 Å². The van der Waals surface area contributed by atoms with Gasteiger partial charge in [-0.3, -0.25) is 19.6 Å². The third-order valence-corrected chi connectivity index (χ3v) is 7.01. The summed E-state index contributed by atoms with van der Waals surface area (Å²) in [5, 5.41) is 4.88. The third kappa shape index (κ3) is 6.37. The molecule has 0 aliphatic carbocycles. The molecule has 4 rings (SSSR count). The summed E-state index contributed by atoms with van der Waals surface area (Å²) in [6, 6.07) is 2.96. The van der Waals surface area contributed by atoms with E-state index in [0.29, 0.717) is 28.6 Å². The van der Waals surface area contributed by atoms with E-state index in [4.69, 9.17) is 11.6 Å². The zero-order valence-electron chi connectivity index (χ0n) is 20.3. The molecule has 0 saturated heterocycles. The fourth-order valence-electron chi connectivity index (χ4n) is 3.54. The van der Waals surface area contributed by atoms with Crippen LogP contribution < -0.4 is 10.6 Å². The van der Waals surface area contributed by atoms with E-state index >= 15 is 0 Å². The third-order valence-electron chi connectivity index (χ3n) is 5.53. The van der Waals surface area contributed by atoms with Gasteiger partial charge >= 0.3 is 6.18 Å². The molecule has 4 aromatic rings. The molecule has 0 aliphatic heterocycles. The van der Waals surface area contributed by atoms with Crippen LogP contribution in [0.15, 0.2) is 49.2 Å². The molecular weight excluding hydrogens is 560 g/mol. The zero-order valence-corrected chi connectivity index (χ0v) is 21.9. The van der Waals surface area contributed by atoms with Crippen molar-refractivity contribution in [3.05, 3.63) is 86.6 Å². The van der Waals surface area contributed by atoms with E-state index in [-0.39, 0.29) is 22.0 Å². The minimum Gasteiger partial charge on any atom is -0.343 e. The normalized spacial score (nSPS) is 12.2. The van der Waals surface area contributed by atoms with Gasteiger partial charge in [0.25, 0.3) is 11.8 Å². The Kier molecular flexibility index (Phi) is 8.21. The molecule has 14 heteroatoms. The summed E-state index contributed by atoms with van der Waals surface area (Å²) in [6.45, 7) is 3.51. The summed E-state index contributed by atoms with van der Waals surface area (Å²) in [6.07, 6.45) is 1.81. The lowest BCUT2D eigenvalue weighted by Gasteiger charge is -2.14. The van der Waals surface area contributed by atoms with E-state index in [0.717, 1.165) is 23.7 Å². The first-order chi connectivity index (χ1) is 18.5. The van der Waals surface area contributed by atoms with Crippen LogP contribution in [0.25, 0.3) is 11.3 Å². The second-order valence-corrected chi connectivity index (χ2v) is 9.66. The maximum atomic E-state index is 14.2. The van der Waals surface area contributed by atoms with Gasteiger partial charge in [0.05, 0.1) is 34.7 Å². The van der Waals surface area contributed by atoms with Crippen molar-refractivity contribution < 1.29 is 27.2 Å². The lowest BCUT2D eigenvalue weighted by atomic mass is 10.0. The summed E-state index contributed by atoms with van der Waals surface area (Å²) in [7, 11) is 0. The van der Waals surface area contributed by atoms with Gasteiger partial charge in [0.1, 0.15) is 15.7 Å². The summed E-state index contributed by atoms with van der Waals surface area (Å²) < 4.78 is 53.5. The predicted octanol–water partition coefficient (Wildman–Crippen LogP) is 6.11. The van der Waals surface area contributed by atoms with Crippen LogP contribution >= 0.6 is 22.9 Å². The van der Waals surface area contributed by atoms with E-state index in [1.54, 1.807) is 6.92 Å². The molecule has 0 saturated carbocycles. The van der Waals surface area contributed by atoms with Crippen molar-refractivity contribution >= 4 is 40.6 Å². The number of anilines is 1. The molecule has 0 bridgehead atoms. The Labute approximate surface area is 228 Å². The summed E-state index contributed by atoms with van der Waals surface area (Å²) in [5.41, 5.74) is 0.277. The number of thiazole rings is 1. The molecule has 2 N–H and O–H groups in total. The van der Waals surface area contributed by atoms with E-state index < -0.39 is 40.4 Å². The van der Waals surface area contributed by atoms with E-state index in [1.165, 1.54) is 30.7 Å². The maximum Gasteiger partial charge on any atom is 0.418 e. The molecule has 202 valence electrons. The number of nitrogens with one attached hydrogen (secondary N) is 2. The van der Waals surface area contributed by atoms with Gasteiger partial charge in [-0.05, 0) is 37.1 Å². The molecule has 4 aromatic heterocycles. The van der Waals surface area contributed by atoms with Crippen molar-refractivity contribution in [3.63, 3.8) is 0 Å². The number of hydrogen-bond donors (Lipinski definition) is 2. The number of nitrogens with zero attached hydrogens (tertiary/aromatic N) is 4. The smallest absolute Gasteiger partial charge is 0.343 e. The van der Waals surface area contributed by atoms with Gasteiger partial charge in [-0.2, -0.15) is 13.2 Å². The van der Waals surface area contributed by atoms with Crippen molar-refractivity contribution in [2.75, 3.05) is 5.32 Å². The Balaban J connectivity index is 1.49. The Morgan fingerprint density at radius 1 is 1.08 bits per heavy atom. The van der Waals surface area contributed by atoms with Gasteiger partial charge < -0.3 is 10.6 Å². The number of rotatable bonds is 7. The highest BCUT2D eigenvalue weighted by Gasteiger charge is 2.34. The molecule has 0 radical (unpaired) electrons. The van der Waals surface area contributed by atoms with Crippen molar-refractivity contribution in [3.8, 4) is 11.3 Å². The Hall–Kier alpha value is -3.97. The van der Waals surface area contributed by atoms with Crippen molar-refractivity contribution in [2.24, 2.45) is 0 Å². The molecular formula is C25H19ClF4N6O2S. The minimum atomic E-state index is -4.72. The Morgan fingerprint density at radius 2 is 1.85 bits per heavy atom. The first-order valence-corrected chi connectivity index (χ1v) is 12.6. The zero-order chi connectivity index (χ0) is 28.3. The largest absolute Gasteiger partial charge is 0.418 e. The minimum absolute atomic E-state index is 0.0880. The van der Waals surface area contributed by atoms with Crippen LogP contribution in [0, 0.1) is 5.82 Å². The van der Waals surface area contributed by atoms with Crippen LogP contribution in [0.3, 0.4) is 0 Å². The second-order valence-electron chi connectivity index (χ2n) is 8.19. The van der Waals surface area contributed by atoms with Gasteiger partial charge in [0.15, 0.2) is 5.82 Å². The number of amides is 2. The first kappa shape index (κ1) is 28.0. The average molecular weight is 579 g/mol. The number of carbonyl (C=O) groups is 2.